The van der Waals surface area contributed by atoms with Gasteiger partial charge in [0.2, 0.25) is 0 Å². The van der Waals surface area contributed by atoms with E-state index in [1.807, 2.05) is 44.1 Å². The van der Waals surface area contributed by atoms with Gasteiger partial charge in [-0.05, 0) is 30.7 Å². The third-order valence-corrected chi connectivity index (χ3v) is 2.92. The van der Waals surface area contributed by atoms with Gasteiger partial charge in [0.05, 0.1) is 5.56 Å². The Bertz CT molecular complexity index is 604. The molecule has 2 rings (SSSR count). The van der Waals surface area contributed by atoms with Crippen molar-refractivity contribution < 1.29 is 9.90 Å². The average molecular weight is 256 g/mol. The summed E-state index contributed by atoms with van der Waals surface area (Å²) in [6.45, 7) is 1.94. The molecule has 0 unspecified atom stereocenters. The summed E-state index contributed by atoms with van der Waals surface area (Å²) in [4.78, 5) is 17.5. The van der Waals surface area contributed by atoms with Crippen LogP contribution in [0.25, 0.3) is 11.1 Å². The molecule has 1 heterocycles. The molecule has 2 aromatic rings. The van der Waals surface area contributed by atoms with Gasteiger partial charge < -0.3 is 10.0 Å². The lowest BCUT2D eigenvalue weighted by Gasteiger charge is -2.12. The Hall–Kier alpha value is -2.36. The highest BCUT2D eigenvalue weighted by molar-refractivity contribution is 5.96. The number of anilines is 1. The first-order valence-corrected chi connectivity index (χ1v) is 5.96. The molecule has 0 aliphatic heterocycles. The van der Waals surface area contributed by atoms with Crippen molar-refractivity contribution in [1.82, 2.24) is 4.98 Å². The van der Waals surface area contributed by atoms with E-state index in [0.717, 1.165) is 16.9 Å². The van der Waals surface area contributed by atoms with Gasteiger partial charge in [-0.3, -0.25) is 0 Å². The molecule has 19 heavy (non-hydrogen) atoms. The van der Waals surface area contributed by atoms with Crippen LogP contribution in [0.5, 0.6) is 0 Å². The van der Waals surface area contributed by atoms with Crippen molar-refractivity contribution in [3.63, 3.8) is 0 Å². The molecule has 1 aromatic carbocycles. The number of rotatable bonds is 3. The normalized spacial score (nSPS) is 10.3. The number of aromatic carboxylic acids is 1. The number of benzene rings is 1. The van der Waals surface area contributed by atoms with Crippen molar-refractivity contribution in [2.75, 3.05) is 19.0 Å². The third-order valence-electron chi connectivity index (χ3n) is 2.92. The zero-order chi connectivity index (χ0) is 14.0. The number of pyridine rings is 1. The maximum Gasteiger partial charge on any atom is 0.336 e. The van der Waals surface area contributed by atoms with Gasteiger partial charge in [0, 0.05) is 25.9 Å². The average Bonchev–Trinajstić information content (AvgIpc) is 2.38. The van der Waals surface area contributed by atoms with Crippen molar-refractivity contribution in [3.8, 4) is 11.1 Å². The first-order chi connectivity index (χ1) is 8.99. The van der Waals surface area contributed by atoms with Crippen LogP contribution < -0.4 is 4.90 Å². The molecule has 4 nitrogen and oxygen atoms in total. The van der Waals surface area contributed by atoms with Gasteiger partial charge in [-0.15, -0.1) is 0 Å². The van der Waals surface area contributed by atoms with E-state index in [1.165, 1.54) is 0 Å². The van der Waals surface area contributed by atoms with Gasteiger partial charge in [-0.1, -0.05) is 17.7 Å². The van der Waals surface area contributed by atoms with Crippen LogP contribution in [0.3, 0.4) is 0 Å². The molecule has 98 valence electrons. The van der Waals surface area contributed by atoms with E-state index in [9.17, 15) is 9.90 Å². The van der Waals surface area contributed by atoms with E-state index in [-0.39, 0.29) is 0 Å². The lowest BCUT2D eigenvalue weighted by molar-refractivity contribution is 0.0697. The minimum Gasteiger partial charge on any atom is -0.478 e. The summed E-state index contributed by atoms with van der Waals surface area (Å²) in [5.41, 5.74) is 2.83. The van der Waals surface area contributed by atoms with Crippen molar-refractivity contribution in [2.24, 2.45) is 0 Å². The summed E-state index contributed by atoms with van der Waals surface area (Å²) in [5, 5.41) is 9.23. The molecule has 0 spiro atoms. The van der Waals surface area contributed by atoms with Crippen molar-refractivity contribution in [2.45, 2.75) is 6.92 Å². The number of aryl methyl sites for hydroxylation is 1. The maximum atomic E-state index is 11.3. The van der Waals surface area contributed by atoms with Crippen LogP contribution in [-0.2, 0) is 0 Å². The predicted octanol–water partition coefficient (Wildman–Crippen LogP) is 2.82. The van der Waals surface area contributed by atoms with Gasteiger partial charge in [0.1, 0.15) is 5.82 Å². The Kier molecular flexibility index (Phi) is 3.51. The highest BCUT2D eigenvalue weighted by Gasteiger charge is 2.12. The summed E-state index contributed by atoms with van der Waals surface area (Å²) in [7, 11) is 3.83. The van der Waals surface area contributed by atoms with E-state index in [2.05, 4.69) is 4.98 Å². The summed E-state index contributed by atoms with van der Waals surface area (Å²) >= 11 is 0. The second-order valence-corrected chi connectivity index (χ2v) is 4.65. The van der Waals surface area contributed by atoms with Crippen molar-refractivity contribution in [1.29, 1.82) is 0 Å². The Labute approximate surface area is 112 Å². The highest BCUT2D eigenvalue weighted by Crippen LogP contribution is 2.25. The van der Waals surface area contributed by atoms with Crippen LogP contribution in [0.2, 0.25) is 0 Å². The summed E-state index contributed by atoms with van der Waals surface area (Å²) in [5.74, 6) is -0.0834. The lowest BCUT2D eigenvalue weighted by atomic mass is 9.99. The molecule has 0 radical (unpaired) electrons. The zero-order valence-corrected chi connectivity index (χ0v) is 11.2. The van der Waals surface area contributed by atoms with E-state index >= 15 is 0 Å². The molecule has 1 aromatic heterocycles. The maximum absolute atomic E-state index is 11.3. The summed E-state index contributed by atoms with van der Waals surface area (Å²) < 4.78 is 0. The molecule has 0 atom stereocenters. The van der Waals surface area contributed by atoms with Gasteiger partial charge >= 0.3 is 5.97 Å². The van der Waals surface area contributed by atoms with Gasteiger partial charge in [0.25, 0.3) is 0 Å². The molecule has 0 bridgehead atoms. The number of carboxylic acid groups (broad SMARTS) is 1. The molecule has 0 fully saturated rings. The minimum atomic E-state index is -0.924. The fourth-order valence-corrected chi connectivity index (χ4v) is 1.89. The second-order valence-electron chi connectivity index (χ2n) is 4.65. The first kappa shape index (κ1) is 13.1. The Balaban J connectivity index is 2.51. The Morgan fingerprint density at radius 3 is 2.47 bits per heavy atom. The van der Waals surface area contributed by atoms with Gasteiger partial charge in [-0.2, -0.15) is 0 Å². The van der Waals surface area contributed by atoms with E-state index in [4.69, 9.17) is 0 Å². The largest absolute Gasteiger partial charge is 0.478 e. The van der Waals surface area contributed by atoms with E-state index in [1.54, 1.807) is 18.3 Å². The van der Waals surface area contributed by atoms with Crippen LogP contribution in [0.4, 0.5) is 5.82 Å². The molecule has 0 saturated heterocycles. The number of carbonyl (C=O) groups is 1. The SMILES string of the molecule is Cc1ccc(C(=O)O)c(-c2ccc(N(C)C)nc2)c1. The van der Waals surface area contributed by atoms with Crippen LogP contribution in [0, 0.1) is 6.92 Å². The van der Waals surface area contributed by atoms with Crippen LogP contribution in [-0.4, -0.2) is 30.2 Å². The van der Waals surface area contributed by atoms with Gasteiger partial charge in [-0.25, -0.2) is 9.78 Å². The zero-order valence-electron chi connectivity index (χ0n) is 11.2. The molecule has 4 heteroatoms. The fourth-order valence-electron chi connectivity index (χ4n) is 1.89. The summed E-state index contributed by atoms with van der Waals surface area (Å²) in [6, 6.07) is 9.07. The van der Waals surface area contributed by atoms with Crippen molar-refractivity contribution >= 4 is 11.8 Å². The molecule has 0 saturated carbocycles. The predicted molar refractivity (Wildman–Crippen MR) is 75.7 cm³/mol. The monoisotopic (exact) mass is 256 g/mol. The molecule has 0 aliphatic carbocycles. The lowest BCUT2D eigenvalue weighted by Crippen LogP contribution is -2.10. The molecule has 1 N–H and O–H groups in total. The molecule has 0 amide bonds. The smallest absolute Gasteiger partial charge is 0.336 e. The van der Waals surface area contributed by atoms with Gasteiger partial charge in [0.15, 0.2) is 0 Å². The Morgan fingerprint density at radius 2 is 1.95 bits per heavy atom. The highest BCUT2D eigenvalue weighted by atomic mass is 16.4. The second kappa shape index (κ2) is 5.10. The topological polar surface area (TPSA) is 53.4 Å². The standard InChI is InChI=1S/C15H16N2O2/c1-10-4-6-12(15(18)19)13(8-10)11-5-7-14(16-9-11)17(2)3/h4-9H,1-3H3,(H,18,19). The number of carboxylic acids is 1. The van der Waals surface area contributed by atoms with Crippen LogP contribution in [0.15, 0.2) is 36.5 Å². The molecular weight excluding hydrogens is 240 g/mol. The fraction of sp³-hybridized carbons (Fsp3) is 0.200. The van der Waals surface area contributed by atoms with E-state index in [0.29, 0.717) is 11.1 Å². The summed E-state index contributed by atoms with van der Waals surface area (Å²) in [6.07, 6.45) is 1.70. The quantitative estimate of drug-likeness (QED) is 0.917. The van der Waals surface area contributed by atoms with Crippen molar-refractivity contribution in [3.05, 3.63) is 47.7 Å². The number of aromatic nitrogens is 1. The Morgan fingerprint density at radius 1 is 1.21 bits per heavy atom. The number of hydrogen-bond acceptors (Lipinski definition) is 3. The first-order valence-electron chi connectivity index (χ1n) is 5.96. The van der Waals surface area contributed by atoms with Crippen LogP contribution in [0.1, 0.15) is 15.9 Å². The third kappa shape index (κ3) is 2.73. The number of hydrogen-bond donors (Lipinski definition) is 1. The van der Waals surface area contributed by atoms with Crippen LogP contribution >= 0.6 is 0 Å². The number of nitrogens with zero attached hydrogens (tertiary/aromatic N) is 2. The molecule has 0 aliphatic rings. The van der Waals surface area contributed by atoms with E-state index < -0.39 is 5.97 Å². The minimum absolute atomic E-state index is 0.296. The molecular formula is C15H16N2O2.